The van der Waals surface area contributed by atoms with E-state index < -0.39 is 10.0 Å². The molecule has 186 valence electrons. The molecular formula is C24H40N4O3S2. The number of hydrogen-bond acceptors (Lipinski definition) is 5. The molecule has 1 aromatic heterocycles. The molecule has 4 rings (SSSR count). The van der Waals surface area contributed by atoms with Gasteiger partial charge in [0.15, 0.2) is 9.34 Å². The first-order chi connectivity index (χ1) is 15.8. The number of piperidine rings is 1. The standard InChI is InChI=1S/C24H40N4O3S2/c1-17-12-14-21(15-13-17)27(20-10-5-4-6-11-20)24(29)26-23-25-16-22(32-23)33(30,31)28-18(2)8-7-9-19(28)3/h16-21H,4-15H2,1-3H3,(H,25,26,29). The molecule has 3 fully saturated rings. The normalized spacial score (nSPS) is 30.2. The highest BCUT2D eigenvalue weighted by Gasteiger charge is 2.38. The van der Waals surface area contributed by atoms with Crippen LogP contribution in [0.2, 0.25) is 0 Å². The summed E-state index contributed by atoms with van der Waals surface area (Å²) in [5, 5.41) is 3.35. The van der Waals surface area contributed by atoms with Gasteiger partial charge < -0.3 is 4.90 Å². The lowest BCUT2D eigenvalue weighted by Gasteiger charge is -2.42. The summed E-state index contributed by atoms with van der Waals surface area (Å²) in [4.78, 5) is 19.9. The Labute approximate surface area is 203 Å². The summed E-state index contributed by atoms with van der Waals surface area (Å²) in [5.74, 6) is 0.726. The van der Waals surface area contributed by atoms with Gasteiger partial charge in [0.25, 0.3) is 10.0 Å². The largest absolute Gasteiger partial charge is 0.324 e. The lowest BCUT2D eigenvalue weighted by molar-refractivity contribution is 0.105. The molecule has 9 heteroatoms. The average Bonchev–Trinajstić information content (AvgIpc) is 3.25. The Hall–Kier alpha value is -1.19. The summed E-state index contributed by atoms with van der Waals surface area (Å²) in [6.07, 6.45) is 14.3. The number of nitrogens with one attached hydrogen (secondary N) is 1. The van der Waals surface area contributed by atoms with Gasteiger partial charge in [0.2, 0.25) is 0 Å². The number of carbonyl (C=O) groups excluding carboxylic acids is 1. The van der Waals surface area contributed by atoms with Gasteiger partial charge in [-0.1, -0.05) is 43.9 Å². The Morgan fingerprint density at radius 1 is 0.939 bits per heavy atom. The van der Waals surface area contributed by atoms with Gasteiger partial charge in [-0.3, -0.25) is 5.32 Å². The summed E-state index contributed by atoms with van der Waals surface area (Å²) in [6.45, 7) is 6.25. The fourth-order valence-corrected chi connectivity index (χ4v) is 9.09. The molecule has 2 saturated carbocycles. The zero-order chi connectivity index (χ0) is 23.6. The van der Waals surface area contributed by atoms with Crippen molar-refractivity contribution in [3.8, 4) is 0 Å². The van der Waals surface area contributed by atoms with Crippen LogP contribution in [0.4, 0.5) is 9.93 Å². The molecule has 1 aliphatic heterocycles. The zero-order valence-electron chi connectivity index (χ0n) is 20.3. The molecule has 0 bridgehead atoms. The maximum atomic E-state index is 13.5. The number of thiazole rings is 1. The third-order valence-electron chi connectivity index (χ3n) is 7.92. The maximum absolute atomic E-state index is 13.5. The Morgan fingerprint density at radius 3 is 2.18 bits per heavy atom. The van der Waals surface area contributed by atoms with E-state index in [4.69, 9.17) is 0 Å². The van der Waals surface area contributed by atoms with Crippen molar-refractivity contribution in [1.82, 2.24) is 14.2 Å². The highest BCUT2D eigenvalue weighted by atomic mass is 32.2. The van der Waals surface area contributed by atoms with E-state index >= 15 is 0 Å². The molecule has 2 heterocycles. The minimum absolute atomic E-state index is 0.0191. The van der Waals surface area contributed by atoms with Gasteiger partial charge in [-0.05, 0) is 71.1 Å². The number of nitrogens with zero attached hydrogens (tertiary/aromatic N) is 3. The van der Waals surface area contributed by atoms with E-state index in [-0.39, 0.29) is 34.4 Å². The predicted molar refractivity (Wildman–Crippen MR) is 133 cm³/mol. The number of amides is 2. The number of urea groups is 1. The molecule has 2 amide bonds. The van der Waals surface area contributed by atoms with Gasteiger partial charge >= 0.3 is 6.03 Å². The Kier molecular flexibility index (Phi) is 8.01. The molecule has 3 aliphatic rings. The average molecular weight is 497 g/mol. The fourth-order valence-electron chi connectivity index (χ4n) is 6.08. The summed E-state index contributed by atoms with van der Waals surface area (Å²) in [7, 11) is -3.62. The van der Waals surface area contributed by atoms with Crippen LogP contribution >= 0.6 is 11.3 Å². The smallest absolute Gasteiger partial charge is 0.319 e. The molecular weight excluding hydrogens is 456 g/mol. The second kappa shape index (κ2) is 10.6. The first-order valence-corrected chi connectivity index (χ1v) is 15.1. The first-order valence-electron chi connectivity index (χ1n) is 12.9. The molecule has 2 atom stereocenters. The van der Waals surface area contributed by atoms with E-state index in [9.17, 15) is 13.2 Å². The number of sulfonamides is 1. The van der Waals surface area contributed by atoms with Gasteiger partial charge in [-0.15, -0.1) is 0 Å². The van der Waals surface area contributed by atoms with Crippen LogP contribution in [0.25, 0.3) is 0 Å². The molecule has 1 saturated heterocycles. The van der Waals surface area contributed by atoms with Crippen LogP contribution in [0.5, 0.6) is 0 Å². The molecule has 33 heavy (non-hydrogen) atoms. The molecule has 7 nitrogen and oxygen atoms in total. The quantitative estimate of drug-likeness (QED) is 0.555. The van der Waals surface area contributed by atoms with Crippen LogP contribution < -0.4 is 5.32 Å². The van der Waals surface area contributed by atoms with Crippen LogP contribution in [-0.2, 0) is 10.0 Å². The Bertz CT molecular complexity index is 895. The van der Waals surface area contributed by atoms with Crippen LogP contribution in [0, 0.1) is 5.92 Å². The first kappa shape index (κ1) is 24.9. The number of anilines is 1. The Morgan fingerprint density at radius 2 is 1.55 bits per heavy atom. The van der Waals surface area contributed by atoms with Gasteiger partial charge in [-0.25, -0.2) is 18.2 Å². The van der Waals surface area contributed by atoms with Gasteiger partial charge in [0.05, 0.1) is 6.20 Å². The molecule has 1 aromatic rings. The van der Waals surface area contributed by atoms with Gasteiger partial charge in [0.1, 0.15) is 0 Å². The second-order valence-corrected chi connectivity index (χ2v) is 13.6. The van der Waals surface area contributed by atoms with Crippen molar-refractivity contribution in [1.29, 1.82) is 0 Å². The molecule has 0 radical (unpaired) electrons. The van der Waals surface area contributed by atoms with Gasteiger partial charge in [-0.2, -0.15) is 4.31 Å². The number of carbonyl (C=O) groups is 1. The lowest BCUT2D eigenvalue weighted by atomic mass is 9.84. The third-order valence-corrected chi connectivity index (χ3v) is 11.4. The third kappa shape index (κ3) is 5.56. The zero-order valence-corrected chi connectivity index (χ0v) is 22.0. The molecule has 2 unspecified atom stereocenters. The van der Waals surface area contributed by atoms with Crippen LogP contribution in [-0.4, -0.2) is 52.8 Å². The van der Waals surface area contributed by atoms with E-state index in [0.29, 0.717) is 5.13 Å². The molecule has 0 spiro atoms. The summed E-state index contributed by atoms with van der Waals surface area (Å²) in [5.41, 5.74) is 0. The maximum Gasteiger partial charge on any atom is 0.324 e. The predicted octanol–water partition coefficient (Wildman–Crippen LogP) is 5.84. The van der Waals surface area contributed by atoms with Crippen molar-refractivity contribution in [2.45, 2.75) is 126 Å². The summed E-state index contributed by atoms with van der Waals surface area (Å²) >= 11 is 1.08. The lowest BCUT2D eigenvalue weighted by Crippen LogP contribution is -2.51. The van der Waals surface area contributed by atoms with Crippen LogP contribution in [0.3, 0.4) is 0 Å². The molecule has 2 aliphatic carbocycles. The fraction of sp³-hybridized carbons (Fsp3) is 0.833. The topological polar surface area (TPSA) is 82.6 Å². The van der Waals surface area contributed by atoms with Crippen molar-refractivity contribution in [3.05, 3.63) is 6.20 Å². The van der Waals surface area contributed by atoms with E-state index in [0.717, 1.165) is 75.0 Å². The highest BCUT2D eigenvalue weighted by Crippen LogP contribution is 2.35. The minimum atomic E-state index is -3.62. The van der Waals surface area contributed by atoms with Crippen LogP contribution in [0.15, 0.2) is 10.4 Å². The van der Waals surface area contributed by atoms with Gasteiger partial charge in [0, 0.05) is 24.2 Å². The molecule has 0 aromatic carbocycles. The van der Waals surface area contributed by atoms with E-state index in [2.05, 4.69) is 22.1 Å². The summed E-state index contributed by atoms with van der Waals surface area (Å²) < 4.78 is 28.5. The van der Waals surface area contributed by atoms with E-state index in [1.54, 1.807) is 4.31 Å². The number of hydrogen-bond donors (Lipinski definition) is 1. The van der Waals surface area contributed by atoms with Crippen molar-refractivity contribution < 1.29 is 13.2 Å². The van der Waals surface area contributed by atoms with Crippen LogP contribution in [0.1, 0.15) is 97.8 Å². The number of rotatable bonds is 5. The minimum Gasteiger partial charge on any atom is -0.319 e. The van der Waals surface area contributed by atoms with E-state index in [1.807, 2.05) is 13.8 Å². The number of aromatic nitrogens is 1. The van der Waals surface area contributed by atoms with Crippen molar-refractivity contribution in [3.63, 3.8) is 0 Å². The highest BCUT2D eigenvalue weighted by molar-refractivity contribution is 7.91. The van der Waals surface area contributed by atoms with E-state index in [1.165, 1.54) is 25.5 Å². The second-order valence-electron chi connectivity index (χ2n) is 10.5. The van der Waals surface area contributed by atoms with Crippen molar-refractivity contribution >= 4 is 32.5 Å². The Balaban J connectivity index is 1.49. The SMILES string of the molecule is CC1CCC(N(C(=O)Nc2ncc(S(=O)(=O)N3C(C)CCCC3C)s2)C2CCCCC2)CC1. The monoisotopic (exact) mass is 496 g/mol. The molecule has 1 N–H and O–H groups in total. The summed E-state index contributed by atoms with van der Waals surface area (Å²) in [6, 6.07) is 0.390. The van der Waals surface area contributed by atoms with Crippen molar-refractivity contribution in [2.24, 2.45) is 5.92 Å². The van der Waals surface area contributed by atoms with Crippen molar-refractivity contribution in [2.75, 3.05) is 5.32 Å².